The first-order chi connectivity index (χ1) is 12.4. The Morgan fingerprint density at radius 2 is 1.73 bits per heavy atom. The van der Waals surface area contributed by atoms with Gasteiger partial charge < -0.3 is 14.4 Å². The van der Waals surface area contributed by atoms with E-state index in [4.69, 9.17) is 9.47 Å². The maximum absolute atomic E-state index is 13.0. The summed E-state index contributed by atoms with van der Waals surface area (Å²) < 4.78 is 48.5. The largest absolute Gasteiger partial charge is 0.493 e. The molecule has 2 aromatic carbocycles. The lowest BCUT2D eigenvalue weighted by molar-refractivity contribution is 0.0654. The second kappa shape index (κ2) is 6.95. The Balaban J connectivity index is 1.76. The molecule has 8 heteroatoms. The van der Waals surface area contributed by atoms with Gasteiger partial charge in [-0.2, -0.15) is 0 Å². The first kappa shape index (κ1) is 18.2. The highest BCUT2D eigenvalue weighted by atomic mass is 32.2. The van der Waals surface area contributed by atoms with Crippen LogP contribution in [0.1, 0.15) is 10.4 Å². The molecule has 1 amide bonds. The normalized spacial score (nSPS) is 14.7. The minimum absolute atomic E-state index is 0.0509. The molecule has 1 aliphatic heterocycles. The quantitative estimate of drug-likeness (QED) is 0.745. The smallest absolute Gasteiger partial charge is 0.257 e. The summed E-state index contributed by atoms with van der Waals surface area (Å²) in [6.45, 7) is 0.137. The number of carbonyl (C=O) groups excluding carboxylic acids is 1. The van der Waals surface area contributed by atoms with Gasteiger partial charge in [0.25, 0.3) is 5.91 Å². The zero-order valence-electron chi connectivity index (χ0n) is 14.3. The molecule has 138 valence electrons. The van der Waals surface area contributed by atoms with Crippen LogP contribution in [0.15, 0.2) is 47.4 Å². The second-order valence-corrected chi connectivity index (χ2v) is 8.10. The van der Waals surface area contributed by atoms with E-state index < -0.39 is 20.9 Å². The van der Waals surface area contributed by atoms with Crippen LogP contribution >= 0.6 is 0 Å². The van der Waals surface area contributed by atoms with Crippen molar-refractivity contribution in [2.45, 2.75) is 10.1 Å². The van der Waals surface area contributed by atoms with Crippen molar-refractivity contribution in [3.8, 4) is 11.5 Å². The molecule has 0 radical (unpaired) electrons. The van der Waals surface area contributed by atoms with Crippen LogP contribution in [0.5, 0.6) is 11.5 Å². The summed E-state index contributed by atoms with van der Waals surface area (Å²) >= 11 is 0. The van der Waals surface area contributed by atoms with Gasteiger partial charge in [-0.1, -0.05) is 6.07 Å². The van der Waals surface area contributed by atoms with E-state index in [-0.39, 0.29) is 23.9 Å². The van der Waals surface area contributed by atoms with Crippen molar-refractivity contribution in [2.24, 2.45) is 0 Å². The van der Waals surface area contributed by atoms with Crippen molar-refractivity contribution in [2.75, 3.05) is 27.3 Å². The van der Waals surface area contributed by atoms with E-state index in [1.807, 2.05) is 0 Å². The monoisotopic (exact) mass is 379 g/mol. The molecule has 0 N–H and O–H groups in total. The predicted octanol–water partition coefficient (Wildman–Crippen LogP) is 2.14. The molecule has 0 aliphatic carbocycles. The van der Waals surface area contributed by atoms with Gasteiger partial charge in [0.05, 0.1) is 24.7 Å². The van der Waals surface area contributed by atoms with Gasteiger partial charge in [-0.3, -0.25) is 4.79 Å². The molecular formula is C18H18FNO5S. The van der Waals surface area contributed by atoms with Crippen LogP contribution in [0, 0.1) is 5.82 Å². The number of rotatable bonds is 5. The predicted molar refractivity (Wildman–Crippen MR) is 92.8 cm³/mol. The number of benzene rings is 2. The van der Waals surface area contributed by atoms with Crippen molar-refractivity contribution in [1.29, 1.82) is 0 Å². The van der Waals surface area contributed by atoms with Gasteiger partial charge in [-0.15, -0.1) is 0 Å². The summed E-state index contributed by atoms with van der Waals surface area (Å²) in [4.78, 5) is 14.2. The van der Waals surface area contributed by atoms with E-state index in [9.17, 15) is 17.6 Å². The van der Waals surface area contributed by atoms with E-state index in [1.165, 1.54) is 31.3 Å². The van der Waals surface area contributed by atoms with Gasteiger partial charge in [0, 0.05) is 13.1 Å². The van der Waals surface area contributed by atoms with Crippen LogP contribution in [0.3, 0.4) is 0 Å². The maximum atomic E-state index is 13.0. The lowest BCUT2D eigenvalue weighted by Gasteiger charge is -2.38. The average Bonchev–Trinajstić information content (AvgIpc) is 2.59. The van der Waals surface area contributed by atoms with Crippen LogP contribution in [0.4, 0.5) is 4.39 Å². The third kappa shape index (κ3) is 3.12. The van der Waals surface area contributed by atoms with Crippen LogP contribution in [-0.4, -0.2) is 51.8 Å². The number of methoxy groups -OCH3 is 2. The van der Waals surface area contributed by atoms with Gasteiger partial charge in [0.1, 0.15) is 11.1 Å². The average molecular weight is 379 g/mol. The number of amides is 1. The highest BCUT2D eigenvalue weighted by Gasteiger charge is 2.41. The van der Waals surface area contributed by atoms with Crippen LogP contribution in [0.2, 0.25) is 0 Å². The topological polar surface area (TPSA) is 72.9 Å². The first-order valence-electron chi connectivity index (χ1n) is 7.88. The van der Waals surface area contributed by atoms with Crippen molar-refractivity contribution in [3.63, 3.8) is 0 Å². The van der Waals surface area contributed by atoms with Crippen molar-refractivity contribution in [3.05, 3.63) is 53.8 Å². The second-order valence-electron chi connectivity index (χ2n) is 5.87. The molecule has 1 saturated heterocycles. The fraction of sp³-hybridized carbons (Fsp3) is 0.278. The number of para-hydroxylation sites is 1. The summed E-state index contributed by atoms with van der Waals surface area (Å²) in [7, 11) is -0.702. The molecule has 1 aliphatic rings. The summed E-state index contributed by atoms with van der Waals surface area (Å²) in [5.41, 5.74) is 0.310. The van der Waals surface area contributed by atoms with E-state index >= 15 is 0 Å². The number of hydrogen-bond donors (Lipinski definition) is 0. The third-order valence-electron chi connectivity index (χ3n) is 4.35. The number of sulfone groups is 1. The molecule has 0 unspecified atom stereocenters. The minimum atomic E-state index is -3.61. The third-order valence-corrected chi connectivity index (χ3v) is 6.45. The molecule has 0 atom stereocenters. The number of nitrogens with zero attached hydrogens (tertiary/aromatic N) is 1. The molecular weight excluding hydrogens is 361 g/mol. The molecule has 1 fully saturated rings. The Bertz CT molecular complexity index is 921. The van der Waals surface area contributed by atoms with Crippen molar-refractivity contribution < 1.29 is 27.1 Å². The number of likely N-dealkylation sites (tertiary alicyclic amines) is 1. The zero-order chi connectivity index (χ0) is 18.9. The van der Waals surface area contributed by atoms with Gasteiger partial charge in [0.15, 0.2) is 21.3 Å². The Hall–Kier alpha value is -2.61. The number of hydrogen-bond acceptors (Lipinski definition) is 5. The summed E-state index contributed by atoms with van der Waals surface area (Å²) in [6.07, 6.45) is 0. The molecule has 0 spiro atoms. The van der Waals surface area contributed by atoms with Gasteiger partial charge in [0.2, 0.25) is 0 Å². The molecule has 0 bridgehead atoms. The van der Waals surface area contributed by atoms with Crippen LogP contribution in [0.25, 0.3) is 0 Å². The molecule has 0 aromatic heterocycles. The van der Waals surface area contributed by atoms with Crippen molar-refractivity contribution >= 4 is 15.7 Å². The number of ether oxygens (including phenoxy) is 2. The summed E-state index contributed by atoms with van der Waals surface area (Å²) in [6, 6.07) is 9.63. The van der Waals surface area contributed by atoms with Crippen molar-refractivity contribution in [1.82, 2.24) is 4.90 Å². The number of halogens is 1. The molecule has 26 heavy (non-hydrogen) atoms. The highest BCUT2D eigenvalue weighted by molar-refractivity contribution is 7.92. The van der Waals surface area contributed by atoms with Gasteiger partial charge in [-0.25, -0.2) is 12.8 Å². The van der Waals surface area contributed by atoms with Crippen LogP contribution in [-0.2, 0) is 9.84 Å². The maximum Gasteiger partial charge on any atom is 0.257 e. The molecule has 2 aromatic rings. The Kier molecular flexibility index (Phi) is 4.86. The van der Waals surface area contributed by atoms with Crippen LogP contribution < -0.4 is 9.47 Å². The Morgan fingerprint density at radius 3 is 2.31 bits per heavy atom. The van der Waals surface area contributed by atoms with E-state index in [0.29, 0.717) is 17.1 Å². The molecule has 1 heterocycles. The molecule has 3 rings (SSSR count). The SMILES string of the molecule is COc1cccc(C(=O)N2CC(S(=O)(=O)c3ccc(F)cc3)C2)c1OC. The van der Waals surface area contributed by atoms with Gasteiger partial charge >= 0.3 is 0 Å². The lowest BCUT2D eigenvalue weighted by atomic mass is 10.1. The van der Waals surface area contributed by atoms with E-state index in [0.717, 1.165) is 12.1 Å². The minimum Gasteiger partial charge on any atom is -0.493 e. The fourth-order valence-corrected chi connectivity index (χ4v) is 4.50. The molecule has 6 nitrogen and oxygen atoms in total. The summed E-state index contributed by atoms with van der Waals surface area (Å²) in [5.74, 6) is -0.0926. The lowest BCUT2D eigenvalue weighted by Crippen LogP contribution is -2.56. The summed E-state index contributed by atoms with van der Waals surface area (Å²) in [5, 5.41) is -0.714. The first-order valence-corrected chi connectivity index (χ1v) is 9.43. The Morgan fingerprint density at radius 1 is 1.08 bits per heavy atom. The van der Waals surface area contributed by atoms with E-state index in [2.05, 4.69) is 0 Å². The number of carbonyl (C=O) groups is 1. The Labute approximate surface area is 151 Å². The molecule has 0 saturated carbocycles. The fourth-order valence-electron chi connectivity index (χ4n) is 2.84. The van der Waals surface area contributed by atoms with Gasteiger partial charge in [-0.05, 0) is 36.4 Å². The standard InChI is InChI=1S/C18H18FNO5S/c1-24-16-5-3-4-15(17(16)25-2)18(21)20-10-14(11-20)26(22,23)13-8-6-12(19)7-9-13/h3-9,14H,10-11H2,1-2H3. The highest BCUT2D eigenvalue weighted by Crippen LogP contribution is 2.33. The zero-order valence-corrected chi connectivity index (χ0v) is 15.1. The van der Waals surface area contributed by atoms with E-state index in [1.54, 1.807) is 18.2 Å².